The van der Waals surface area contributed by atoms with E-state index in [2.05, 4.69) is 16.0 Å². The molecule has 3 amide bonds. The second-order valence-electron chi connectivity index (χ2n) is 7.03. The van der Waals surface area contributed by atoms with E-state index in [1.807, 2.05) is 0 Å². The molecule has 0 unspecified atom stereocenters. The number of methoxy groups -OCH3 is 1. The van der Waals surface area contributed by atoms with Crippen molar-refractivity contribution in [2.24, 2.45) is 0 Å². The third kappa shape index (κ3) is 5.46. The fourth-order valence-electron chi connectivity index (χ4n) is 3.15. The van der Waals surface area contributed by atoms with Gasteiger partial charge < -0.3 is 30.5 Å². The van der Waals surface area contributed by atoms with E-state index in [0.717, 1.165) is 19.3 Å². The van der Waals surface area contributed by atoms with Crippen LogP contribution in [0.4, 0.5) is 10.5 Å². The Hall–Kier alpha value is -2.58. The Morgan fingerprint density at radius 1 is 1.18 bits per heavy atom. The predicted molar refractivity (Wildman–Crippen MR) is 104 cm³/mol. The quantitative estimate of drug-likeness (QED) is 0.529. The lowest BCUT2D eigenvalue weighted by molar-refractivity contribution is -0.126. The van der Waals surface area contributed by atoms with Crippen LogP contribution in [0.3, 0.4) is 0 Å². The topological polar surface area (TPSA) is 109 Å². The van der Waals surface area contributed by atoms with Crippen LogP contribution in [0, 0.1) is 0 Å². The molecular weight excluding hydrogens is 362 g/mol. The molecule has 1 aliphatic heterocycles. The van der Waals surface area contributed by atoms with Crippen LogP contribution in [0.15, 0.2) is 36.4 Å². The molecule has 0 spiro atoms. The van der Waals surface area contributed by atoms with E-state index in [1.165, 1.54) is 0 Å². The SMILES string of the molecule is COc1ccc(NC(=O)N[C@H]2C=C[C@@H](CC(=O)NC3CCC3)O[C@H]2CO)cc1. The fraction of sp³-hybridized carbons (Fsp3) is 0.500. The minimum atomic E-state index is -0.617. The van der Waals surface area contributed by atoms with Crippen LogP contribution in [0.5, 0.6) is 5.75 Å². The van der Waals surface area contributed by atoms with E-state index in [4.69, 9.17) is 9.47 Å². The second-order valence-corrected chi connectivity index (χ2v) is 7.03. The van der Waals surface area contributed by atoms with Crippen molar-refractivity contribution in [2.45, 2.75) is 50.0 Å². The molecule has 1 saturated carbocycles. The summed E-state index contributed by atoms with van der Waals surface area (Å²) in [6.07, 6.45) is 5.90. The number of aliphatic hydroxyl groups excluding tert-OH is 1. The van der Waals surface area contributed by atoms with Crippen molar-refractivity contribution in [3.05, 3.63) is 36.4 Å². The van der Waals surface area contributed by atoms with Gasteiger partial charge in [0, 0.05) is 11.7 Å². The second kappa shape index (κ2) is 9.57. The van der Waals surface area contributed by atoms with Gasteiger partial charge in [-0.1, -0.05) is 12.2 Å². The third-order valence-electron chi connectivity index (χ3n) is 4.97. The zero-order valence-corrected chi connectivity index (χ0v) is 15.9. The van der Waals surface area contributed by atoms with Crippen molar-refractivity contribution < 1.29 is 24.2 Å². The molecule has 3 atom stereocenters. The van der Waals surface area contributed by atoms with Crippen molar-refractivity contribution in [1.29, 1.82) is 0 Å². The zero-order chi connectivity index (χ0) is 19.9. The van der Waals surface area contributed by atoms with Crippen LogP contribution < -0.4 is 20.7 Å². The Morgan fingerprint density at radius 2 is 1.93 bits per heavy atom. The number of nitrogens with one attached hydrogen (secondary N) is 3. The summed E-state index contributed by atoms with van der Waals surface area (Å²) in [5, 5.41) is 18.1. The maximum absolute atomic E-state index is 12.2. The summed E-state index contributed by atoms with van der Waals surface area (Å²) in [6.45, 7) is -0.265. The van der Waals surface area contributed by atoms with Gasteiger partial charge in [0.15, 0.2) is 0 Å². The van der Waals surface area contributed by atoms with Crippen molar-refractivity contribution in [3.63, 3.8) is 0 Å². The normalized spacial score (nSPS) is 24.1. The van der Waals surface area contributed by atoms with Gasteiger partial charge in [-0.25, -0.2) is 4.79 Å². The number of ether oxygens (including phenoxy) is 2. The number of benzene rings is 1. The molecular formula is C20H27N3O5. The summed E-state index contributed by atoms with van der Waals surface area (Å²) in [4.78, 5) is 24.3. The number of hydrogen-bond donors (Lipinski definition) is 4. The van der Waals surface area contributed by atoms with Crippen LogP contribution in [0.1, 0.15) is 25.7 Å². The van der Waals surface area contributed by atoms with Gasteiger partial charge in [0.2, 0.25) is 5.91 Å². The Kier molecular flexibility index (Phi) is 6.89. The van der Waals surface area contributed by atoms with E-state index in [0.29, 0.717) is 11.4 Å². The number of anilines is 1. The van der Waals surface area contributed by atoms with Crippen molar-refractivity contribution in [3.8, 4) is 5.75 Å². The van der Waals surface area contributed by atoms with Crippen molar-refractivity contribution in [2.75, 3.05) is 19.0 Å². The summed E-state index contributed by atoms with van der Waals surface area (Å²) < 4.78 is 10.9. The summed E-state index contributed by atoms with van der Waals surface area (Å²) in [5.41, 5.74) is 0.616. The lowest BCUT2D eigenvalue weighted by Gasteiger charge is -2.32. The minimum absolute atomic E-state index is 0.0558. The van der Waals surface area contributed by atoms with Gasteiger partial charge >= 0.3 is 6.03 Å². The average Bonchev–Trinajstić information content (AvgIpc) is 2.66. The van der Waals surface area contributed by atoms with Crippen LogP contribution in [-0.2, 0) is 9.53 Å². The number of aliphatic hydroxyl groups is 1. The maximum Gasteiger partial charge on any atom is 0.319 e. The maximum atomic E-state index is 12.2. The third-order valence-corrected chi connectivity index (χ3v) is 4.97. The highest BCUT2D eigenvalue weighted by Crippen LogP contribution is 2.20. The molecule has 0 radical (unpaired) electrons. The van der Waals surface area contributed by atoms with Crippen molar-refractivity contribution in [1.82, 2.24) is 10.6 Å². The minimum Gasteiger partial charge on any atom is -0.497 e. The summed E-state index contributed by atoms with van der Waals surface area (Å²) in [6, 6.07) is 6.32. The first kappa shape index (κ1) is 20.2. The molecule has 1 aliphatic carbocycles. The molecule has 1 fully saturated rings. The Morgan fingerprint density at radius 3 is 2.54 bits per heavy atom. The standard InChI is InChI=1S/C20H27N3O5/c1-27-15-7-5-14(6-8-15)22-20(26)23-17-10-9-16(28-18(17)12-24)11-19(25)21-13-3-2-4-13/h5-10,13,16-18,24H,2-4,11-12H2,1H3,(H,21,25)(H2,22,23,26)/t16-,17-,18-/m0/s1. The number of hydrogen-bond acceptors (Lipinski definition) is 5. The van der Waals surface area contributed by atoms with Crippen LogP contribution in [-0.4, -0.2) is 55.1 Å². The van der Waals surface area contributed by atoms with E-state index in [-0.39, 0.29) is 25.0 Å². The highest BCUT2D eigenvalue weighted by atomic mass is 16.5. The van der Waals surface area contributed by atoms with E-state index >= 15 is 0 Å². The van der Waals surface area contributed by atoms with E-state index in [1.54, 1.807) is 43.5 Å². The Labute approximate surface area is 164 Å². The molecule has 8 heteroatoms. The summed E-state index contributed by atoms with van der Waals surface area (Å²) in [7, 11) is 1.57. The lowest BCUT2D eigenvalue weighted by Crippen LogP contribution is -2.50. The van der Waals surface area contributed by atoms with E-state index < -0.39 is 24.3 Å². The zero-order valence-electron chi connectivity index (χ0n) is 15.9. The Bertz CT molecular complexity index is 702. The molecule has 4 N–H and O–H groups in total. The number of carbonyl (C=O) groups is 2. The van der Waals surface area contributed by atoms with Gasteiger partial charge in [-0.05, 0) is 43.5 Å². The number of urea groups is 1. The van der Waals surface area contributed by atoms with Gasteiger partial charge in [-0.2, -0.15) is 0 Å². The number of amides is 3. The molecule has 2 aliphatic rings. The molecule has 28 heavy (non-hydrogen) atoms. The van der Waals surface area contributed by atoms with Crippen molar-refractivity contribution >= 4 is 17.6 Å². The van der Waals surface area contributed by atoms with Crippen LogP contribution >= 0.6 is 0 Å². The van der Waals surface area contributed by atoms with Gasteiger partial charge in [-0.15, -0.1) is 0 Å². The molecule has 152 valence electrons. The fourth-order valence-corrected chi connectivity index (χ4v) is 3.15. The summed E-state index contributed by atoms with van der Waals surface area (Å²) in [5.74, 6) is 0.641. The van der Waals surface area contributed by atoms with Gasteiger partial charge in [0.1, 0.15) is 11.9 Å². The van der Waals surface area contributed by atoms with Gasteiger partial charge in [0.05, 0.1) is 32.3 Å². The molecule has 0 aromatic heterocycles. The van der Waals surface area contributed by atoms with Crippen LogP contribution in [0.2, 0.25) is 0 Å². The molecule has 8 nitrogen and oxygen atoms in total. The first-order valence-corrected chi connectivity index (χ1v) is 9.53. The van der Waals surface area contributed by atoms with Gasteiger partial charge in [-0.3, -0.25) is 4.79 Å². The molecule has 0 bridgehead atoms. The number of rotatable bonds is 7. The highest BCUT2D eigenvalue weighted by molar-refractivity contribution is 5.89. The van der Waals surface area contributed by atoms with E-state index in [9.17, 15) is 14.7 Å². The summed E-state index contributed by atoms with van der Waals surface area (Å²) >= 11 is 0. The predicted octanol–water partition coefficient (Wildman–Crippen LogP) is 1.56. The largest absolute Gasteiger partial charge is 0.497 e. The monoisotopic (exact) mass is 389 g/mol. The molecule has 1 aromatic carbocycles. The first-order chi connectivity index (χ1) is 13.6. The lowest BCUT2D eigenvalue weighted by atomic mass is 9.93. The molecule has 1 aromatic rings. The number of carbonyl (C=O) groups excluding carboxylic acids is 2. The molecule has 3 rings (SSSR count). The van der Waals surface area contributed by atoms with Crippen LogP contribution in [0.25, 0.3) is 0 Å². The Balaban J connectivity index is 1.49. The molecule has 0 saturated heterocycles. The first-order valence-electron chi connectivity index (χ1n) is 9.53. The smallest absolute Gasteiger partial charge is 0.319 e. The highest BCUT2D eigenvalue weighted by Gasteiger charge is 2.30. The van der Waals surface area contributed by atoms with Gasteiger partial charge in [0.25, 0.3) is 0 Å². The average molecular weight is 389 g/mol. The molecule has 1 heterocycles.